The topological polar surface area (TPSA) is 110 Å². The van der Waals surface area contributed by atoms with Gasteiger partial charge in [-0.2, -0.15) is 5.10 Å². The van der Waals surface area contributed by atoms with Gasteiger partial charge in [0.15, 0.2) is 5.78 Å². The van der Waals surface area contributed by atoms with E-state index in [2.05, 4.69) is 27.3 Å². The van der Waals surface area contributed by atoms with Crippen molar-refractivity contribution in [3.05, 3.63) is 77.0 Å². The van der Waals surface area contributed by atoms with Crippen molar-refractivity contribution < 1.29 is 14.4 Å². The Balaban J connectivity index is 1.30. The van der Waals surface area contributed by atoms with Crippen molar-refractivity contribution in [1.29, 1.82) is 0 Å². The largest absolute Gasteiger partial charge is 0.350 e. The zero-order valence-electron chi connectivity index (χ0n) is 24.8. The number of likely N-dealkylation sites (tertiary alicyclic amines) is 1. The van der Waals surface area contributed by atoms with Crippen molar-refractivity contribution in [2.24, 2.45) is 5.41 Å². The molecule has 2 aromatic heterocycles. The highest BCUT2D eigenvalue weighted by Gasteiger charge is 2.58. The molecule has 9 nitrogen and oxygen atoms in total. The van der Waals surface area contributed by atoms with Crippen LogP contribution >= 0.6 is 0 Å². The average molecular weight is 565 g/mol. The molecule has 2 aliphatic rings. The number of benzene rings is 2. The number of ketones is 1. The second-order valence-electron chi connectivity index (χ2n) is 12.1. The van der Waals surface area contributed by atoms with E-state index in [0.29, 0.717) is 29.9 Å². The summed E-state index contributed by atoms with van der Waals surface area (Å²) in [6, 6.07) is 11.4. The summed E-state index contributed by atoms with van der Waals surface area (Å²) < 4.78 is 1.63. The molecule has 2 aromatic carbocycles. The second-order valence-corrected chi connectivity index (χ2v) is 12.1. The molecule has 1 aliphatic heterocycles. The molecule has 3 atom stereocenters. The number of nitrogens with one attached hydrogen (secondary N) is 1. The lowest BCUT2D eigenvalue weighted by Gasteiger charge is -2.44. The maximum Gasteiger partial charge on any atom is 0.245 e. The van der Waals surface area contributed by atoms with E-state index in [1.807, 2.05) is 57.2 Å². The first kappa shape index (κ1) is 27.8. The maximum atomic E-state index is 14.0. The van der Waals surface area contributed by atoms with Crippen LogP contribution in [0.1, 0.15) is 66.1 Å². The van der Waals surface area contributed by atoms with E-state index in [1.54, 1.807) is 22.0 Å². The summed E-state index contributed by atoms with van der Waals surface area (Å²) in [6.45, 7) is 9.84. The quantitative estimate of drug-likeness (QED) is 0.326. The summed E-state index contributed by atoms with van der Waals surface area (Å²) in [5, 5.41) is 8.41. The van der Waals surface area contributed by atoms with Crippen molar-refractivity contribution in [1.82, 2.24) is 30.0 Å². The maximum absolute atomic E-state index is 14.0. The summed E-state index contributed by atoms with van der Waals surface area (Å²) in [7, 11) is 0. The van der Waals surface area contributed by atoms with Gasteiger partial charge in [0.25, 0.3) is 0 Å². The van der Waals surface area contributed by atoms with Crippen molar-refractivity contribution in [3.63, 3.8) is 0 Å². The normalized spacial score (nSPS) is 21.2. The minimum atomic E-state index is -0.539. The molecule has 1 N–H and O–H groups in total. The van der Waals surface area contributed by atoms with Gasteiger partial charge in [-0.1, -0.05) is 31.2 Å². The van der Waals surface area contributed by atoms with E-state index in [1.165, 1.54) is 6.92 Å². The average Bonchev–Trinajstić information content (AvgIpc) is 3.41. The number of nitrogens with zero attached hydrogens (tertiary/aromatic N) is 5. The summed E-state index contributed by atoms with van der Waals surface area (Å²) in [6.07, 6.45) is 6.04. The third-order valence-corrected chi connectivity index (χ3v) is 9.20. The molecule has 3 heterocycles. The van der Waals surface area contributed by atoms with Crippen LogP contribution < -0.4 is 5.32 Å². The van der Waals surface area contributed by atoms with Crippen molar-refractivity contribution >= 4 is 28.5 Å². The van der Waals surface area contributed by atoms with Crippen molar-refractivity contribution in [2.45, 2.75) is 79.1 Å². The summed E-state index contributed by atoms with van der Waals surface area (Å²) in [5.41, 5.74) is 5.76. The lowest BCUT2D eigenvalue weighted by molar-refractivity contribution is -0.143. The Labute approximate surface area is 245 Å². The number of hydrogen-bond acceptors (Lipinski definition) is 6. The highest BCUT2D eigenvalue weighted by Crippen LogP contribution is 2.54. The molecular formula is C33H36N6O3. The number of aromatic nitrogens is 4. The van der Waals surface area contributed by atoms with E-state index in [0.717, 1.165) is 46.2 Å². The minimum absolute atomic E-state index is 0.0163. The van der Waals surface area contributed by atoms with Gasteiger partial charge in [0.1, 0.15) is 24.1 Å². The molecule has 2 fully saturated rings. The van der Waals surface area contributed by atoms with Gasteiger partial charge < -0.3 is 10.2 Å². The summed E-state index contributed by atoms with van der Waals surface area (Å²) in [5.74, 6) is 0.218. The van der Waals surface area contributed by atoms with Gasteiger partial charge in [0.2, 0.25) is 11.8 Å². The summed E-state index contributed by atoms with van der Waals surface area (Å²) >= 11 is 0. The number of amides is 2. The van der Waals surface area contributed by atoms with Gasteiger partial charge in [-0.15, -0.1) is 0 Å². The van der Waals surface area contributed by atoms with Gasteiger partial charge in [-0.05, 0) is 79.8 Å². The van der Waals surface area contributed by atoms with Crippen LogP contribution in [0.3, 0.4) is 0 Å². The zero-order chi connectivity index (χ0) is 29.8. The zero-order valence-corrected chi connectivity index (χ0v) is 24.8. The van der Waals surface area contributed by atoms with E-state index >= 15 is 0 Å². The number of aryl methyl sites for hydroxylation is 3. The molecular weight excluding hydrogens is 528 g/mol. The predicted octanol–water partition coefficient (Wildman–Crippen LogP) is 4.71. The number of hydrogen-bond donors (Lipinski definition) is 1. The number of Topliss-reactive ketones (excluding diaryl/α,β-unsaturated/α-hetero) is 1. The molecule has 6 rings (SSSR count). The highest BCUT2D eigenvalue weighted by atomic mass is 16.2. The lowest BCUT2D eigenvalue weighted by atomic mass is 9.66. The third-order valence-electron chi connectivity index (χ3n) is 9.20. The number of carbonyl (C=O) groups is 3. The summed E-state index contributed by atoms with van der Waals surface area (Å²) in [4.78, 5) is 50.6. The molecule has 0 unspecified atom stereocenters. The molecule has 0 spiro atoms. The number of rotatable bonds is 7. The Hall–Kier alpha value is -4.40. The van der Waals surface area contributed by atoms with Crippen LogP contribution in [0.25, 0.3) is 22.0 Å². The first-order chi connectivity index (χ1) is 20.1. The van der Waals surface area contributed by atoms with Gasteiger partial charge in [0, 0.05) is 42.9 Å². The Kier molecular flexibility index (Phi) is 6.91. The van der Waals surface area contributed by atoms with Gasteiger partial charge >= 0.3 is 0 Å². The van der Waals surface area contributed by atoms with E-state index in [9.17, 15) is 14.4 Å². The molecule has 0 bridgehead atoms. The smallest absolute Gasteiger partial charge is 0.245 e. The fourth-order valence-corrected chi connectivity index (χ4v) is 6.73. The Morgan fingerprint density at radius 2 is 1.76 bits per heavy atom. The van der Waals surface area contributed by atoms with Crippen LogP contribution in [0.5, 0.6) is 0 Å². The molecule has 216 valence electrons. The van der Waals surface area contributed by atoms with Gasteiger partial charge in [0.05, 0.1) is 5.52 Å². The van der Waals surface area contributed by atoms with Crippen LogP contribution in [0, 0.1) is 26.2 Å². The molecule has 1 saturated carbocycles. The second kappa shape index (κ2) is 10.5. The Morgan fingerprint density at radius 3 is 2.43 bits per heavy atom. The fraction of sp³-hybridized carbons (Fsp3) is 0.394. The van der Waals surface area contributed by atoms with E-state index in [4.69, 9.17) is 0 Å². The minimum Gasteiger partial charge on any atom is -0.350 e. The highest BCUT2D eigenvalue weighted by molar-refractivity contribution is 6.07. The number of carbonyl (C=O) groups excluding carboxylic acids is 3. The fourth-order valence-electron chi connectivity index (χ4n) is 6.73. The van der Waals surface area contributed by atoms with E-state index < -0.39 is 6.04 Å². The SMILES string of the molecule is CC(=O)c1nn(CC(=O)N2[C@H](C(=O)NCc3ccccc3C)C[C@@]3(C)CC[C@@H]23)c2c(C)cc(-c3cnc(C)nc3)cc12. The van der Waals surface area contributed by atoms with Gasteiger partial charge in [-0.3, -0.25) is 19.1 Å². The van der Waals surface area contributed by atoms with Crippen LogP contribution in [0.2, 0.25) is 0 Å². The van der Waals surface area contributed by atoms with Crippen LogP contribution in [0.15, 0.2) is 48.8 Å². The standard InChI is InChI=1S/C33H36N6O3/c1-19-8-6-7-9-23(19)15-36-32(42)27-14-33(5)11-10-28(33)39(27)29(41)18-38-31-20(2)12-24(25-16-34-22(4)35-17-25)13-26(31)30(37-38)21(3)40/h6-9,12-13,16-17,27-28H,10-11,14-15,18H2,1-5H3,(H,36,42)/t27-,28+,33+/m0/s1. The molecule has 42 heavy (non-hydrogen) atoms. The first-order valence-electron chi connectivity index (χ1n) is 14.5. The predicted molar refractivity (Wildman–Crippen MR) is 160 cm³/mol. The van der Waals surface area contributed by atoms with E-state index in [-0.39, 0.29) is 35.6 Å². The Bertz CT molecular complexity index is 1730. The lowest BCUT2D eigenvalue weighted by Crippen LogP contribution is -2.53. The molecule has 2 amide bonds. The van der Waals surface area contributed by atoms with Crippen LogP contribution in [0.4, 0.5) is 0 Å². The van der Waals surface area contributed by atoms with Crippen LogP contribution in [-0.2, 0) is 22.7 Å². The van der Waals surface area contributed by atoms with Crippen molar-refractivity contribution in [3.8, 4) is 11.1 Å². The monoisotopic (exact) mass is 564 g/mol. The first-order valence-corrected chi connectivity index (χ1v) is 14.5. The Morgan fingerprint density at radius 1 is 1.02 bits per heavy atom. The molecule has 1 saturated heterocycles. The van der Waals surface area contributed by atoms with Crippen LogP contribution in [-0.4, -0.2) is 54.3 Å². The molecule has 4 aromatic rings. The number of fused-ring (bicyclic) bond motifs is 2. The third kappa shape index (κ3) is 4.76. The van der Waals surface area contributed by atoms with Crippen molar-refractivity contribution in [2.75, 3.05) is 0 Å². The molecule has 1 aliphatic carbocycles. The van der Waals surface area contributed by atoms with Gasteiger partial charge in [-0.25, -0.2) is 9.97 Å². The molecule has 0 radical (unpaired) electrons. The molecule has 9 heteroatoms.